The summed E-state index contributed by atoms with van der Waals surface area (Å²) in [5.41, 5.74) is 1.51. The van der Waals surface area contributed by atoms with Gasteiger partial charge in [0.1, 0.15) is 0 Å². The van der Waals surface area contributed by atoms with Crippen LogP contribution in [0.2, 0.25) is 0 Å². The van der Waals surface area contributed by atoms with E-state index in [2.05, 4.69) is 26.1 Å². The first-order valence-corrected chi connectivity index (χ1v) is 5.47. The Bertz CT molecular complexity index is 379. The van der Waals surface area contributed by atoms with Crippen LogP contribution in [-0.2, 0) is 5.41 Å². The first-order valence-electron chi connectivity index (χ1n) is 5.47. The van der Waals surface area contributed by atoms with Gasteiger partial charge in [-0.15, -0.1) is 0 Å². The summed E-state index contributed by atoms with van der Waals surface area (Å²) in [5, 5.41) is 2.17. The van der Waals surface area contributed by atoms with E-state index in [1.807, 2.05) is 12.1 Å². The maximum absolute atomic E-state index is 11.9. The van der Waals surface area contributed by atoms with Gasteiger partial charge in [0, 0.05) is 5.56 Å². The molecule has 0 saturated carbocycles. The Morgan fingerprint density at radius 3 is 2.18 bits per heavy atom. The zero-order valence-corrected chi connectivity index (χ0v) is 10.3. The fourth-order valence-electron chi connectivity index (χ4n) is 1.39. The smallest absolute Gasteiger partial charge is 0.255 e. The molecule has 0 atom stereocenters. The molecule has 1 rings (SSSR count). The van der Waals surface area contributed by atoms with Crippen molar-refractivity contribution in [1.82, 2.24) is 5.32 Å². The third-order valence-corrected chi connectivity index (χ3v) is 2.43. The number of rotatable bonds is 3. The lowest BCUT2D eigenvalue weighted by molar-refractivity contribution is 0.0891. The van der Waals surface area contributed by atoms with Gasteiger partial charge in [0.25, 0.3) is 12.3 Å². The van der Waals surface area contributed by atoms with Crippen molar-refractivity contribution >= 4 is 5.91 Å². The number of carbonyl (C=O) groups is 1. The minimum atomic E-state index is -2.52. The number of halogens is 2. The predicted molar refractivity (Wildman–Crippen MR) is 63.5 cm³/mol. The molecule has 2 nitrogen and oxygen atoms in total. The Morgan fingerprint density at radius 2 is 1.76 bits per heavy atom. The standard InChI is InChI=1S/C13H17F2NO/c1-13(2,3)10-6-4-9(5-7-10)12(17)16-8-11(14)15/h4-7,11H,8H2,1-3H3,(H,16,17). The van der Waals surface area contributed by atoms with Crippen molar-refractivity contribution in [3.63, 3.8) is 0 Å². The van der Waals surface area contributed by atoms with E-state index in [4.69, 9.17) is 0 Å². The van der Waals surface area contributed by atoms with E-state index < -0.39 is 18.9 Å². The van der Waals surface area contributed by atoms with E-state index in [-0.39, 0.29) is 5.41 Å². The Morgan fingerprint density at radius 1 is 1.24 bits per heavy atom. The number of amides is 1. The van der Waals surface area contributed by atoms with Gasteiger partial charge in [0.05, 0.1) is 6.54 Å². The van der Waals surface area contributed by atoms with Gasteiger partial charge >= 0.3 is 0 Å². The number of nitrogens with one attached hydrogen (secondary N) is 1. The van der Waals surface area contributed by atoms with Gasteiger partial charge in [-0.25, -0.2) is 8.78 Å². The van der Waals surface area contributed by atoms with Crippen LogP contribution < -0.4 is 5.32 Å². The van der Waals surface area contributed by atoms with Crippen LogP contribution in [0.15, 0.2) is 24.3 Å². The molecule has 0 heterocycles. The molecular weight excluding hydrogens is 224 g/mol. The summed E-state index contributed by atoms with van der Waals surface area (Å²) in [7, 11) is 0. The lowest BCUT2D eigenvalue weighted by Gasteiger charge is -2.19. The van der Waals surface area contributed by atoms with E-state index in [0.717, 1.165) is 5.56 Å². The van der Waals surface area contributed by atoms with Crippen LogP contribution in [0, 0.1) is 0 Å². The second kappa shape index (κ2) is 5.25. The Balaban J connectivity index is 2.71. The molecule has 0 aromatic heterocycles. The van der Waals surface area contributed by atoms with Crippen molar-refractivity contribution in [3.05, 3.63) is 35.4 Å². The molecule has 1 aromatic carbocycles. The summed E-state index contributed by atoms with van der Waals surface area (Å²) in [6, 6.07) is 7.00. The predicted octanol–water partition coefficient (Wildman–Crippen LogP) is 2.98. The zero-order valence-electron chi connectivity index (χ0n) is 10.3. The SMILES string of the molecule is CC(C)(C)c1ccc(C(=O)NCC(F)F)cc1. The summed E-state index contributed by atoms with van der Waals surface area (Å²) in [4.78, 5) is 11.5. The van der Waals surface area contributed by atoms with Crippen LogP contribution in [0.3, 0.4) is 0 Å². The molecule has 0 aliphatic rings. The maximum atomic E-state index is 11.9. The molecule has 0 aliphatic carbocycles. The van der Waals surface area contributed by atoms with Gasteiger partial charge in [-0.1, -0.05) is 32.9 Å². The topological polar surface area (TPSA) is 29.1 Å². The first kappa shape index (κ1) is 13.6. The fraction of sp³-hybridized carbons (Fsp3) is 0.462. The van der Waals surface area contributed by atoms with Crippen molar-refractivity contribution in [2.75, 3.05) is 6.54 Å². The van der Waals surface area contributed by atoms with Crippen LogP contribution in [0.5, 0.6) is 0 Å². The van der Waals surface area contributed by atoms with E-state index in [0.29, 0.717) is 5.56 Å². The maximum Gasteiger partial charge on any atom is 0.255 e. The minimum absolute atomic E-state index is 0.0119. The molecular formula is C13H17F2NO. The fourth-order valence-corrected chi connectivity index (χ4v) is 1.39. The highest BCUT2D eigenvalue weighted by molar-refractivity contribution is 5.94. The number of benzene rings is 1. The molecule has 0 spiro atoms. The molecule has 0 radical (unpaired) electrons. The van der Waals surface area contributed by atoms with Crippen molar-refractivity contribution in [3.8, 4) is 0 Å². The van der Waals surface area contributed by atoms with Crippen molar-refractivity contribution < 1.29 is 13.6 Å². The molecule has 94 valence electrons. The lowest BCUT2D eigenvalue weighted by atomic mass is 9.87. The third kappa shape index (κ3) is 4.13. The van der Waals surface area contributed by atoms with Gasteiger partial charge in [-0.05, 0) is 23.1 Å². The van der Waals surface area contributed by atoms with Gasteiger partial charge < -0.3 is 5.32 Å². The summed E-state index contributed by atoms with van der Waals surface area (Å²) < 4.78 is 23.8. The quantitative estimate of drug-likeness (QED) is 0.866. The molecule has 0 saturated heterocycles. The van der Waals surface area contributed by atoms with Crippen LogP contribution in [0.25, 0.3) is 0 Å². The highest BCUT2D eigenvalue weighted by Crippen LogP contribution is 2.22. The molecule has 1 N–H and O–H groups in total. The minimum Gasteiger partial charge on any atom is -0.346 e. The molecule has 1 aromatic rings. The average Bonchev–Trinajstić information content (AvgIpc) is 2.25. The molecule has 17 heavy (non-hydrogen) atoms. The average molecular weight is 241 g/mol. The second-order valence-electron chi connectivity index (χ2n) is 4.93. The van der Waals surface area contributed by atoms with Gasteiger partial charge in [-0.3, -0.25) is 4.79 Å². The first-order chi connectivity index (χ1) is 7.80. The number of hydrogen-bond acceptors (Lipinski definition) is 1. The Kier molecular flexibility index (Phi) is 4.21. The normalized spacial score (nSPS) is 11.6. The third-order valence-electron chi connectivity index (χ3n) is 2.43. The number of hydrogen-bond donors (Lipinski definition) is 1. The molecule has 1 amide bonds. The van der Waals surface area contributed by atoms with Gasteiger partial charge in [0.15, 0.2) is 0 Å². The Hall–Kier alpha value is -1.45. The van der Waals surface area contributed by atoms with E-state index in [9.17, 15) is 13.6 Å². The van der Waals surface area contributed by atoms with Crippen LogP contribution in [-0.4, -0.2) is 18.9 Å². The molecule has 0 aliphatic heterocycles. The monoisotopic (exact) mass is 241 g/mol. The molecule has 0 bridgehead atoms. The van der Waals surface area contributed by atoms with Crippen molar-refractivity contribution in [2.24, 2.45) is 0 Å². The second-order valence-corrected chi connectivity index (χ2v) is 4.93. The van der Waals surface area contributed by atoms with Crippen LogP contribution in [0.4, 0.5) is 8.78 Å². The largest absolute Gasteiger partial charge is 0.346 e. The lowest BCUT2D eigenvalue weighted by Crippen LogP contribution is -2.28. The highest BCUT2D eigenvalue weighted by atomic mass is 19.3. The zero-order chi connectivity index (χ0) is 13.1. The van der Waals surface area contributed by atoms with E-state index >= 15 is 0 Å². The van der Waals surface area contributed by atoms with Gasteiger partial charge in [-0.2, -0.15) is 0 Å². The summed E-state index contributed by atoms with van der Waals surface area (Å²) in [6.45, 7) is 5.59. The number of alkyl halides is 2. The van der Waals surface area contributed by atoms with Gasteiger partial charge in [0.2, 0.25) is 0 Å². The van der Waals surface area contributed by atoms with Crippen LogP contribution in [0.1, 0.15) is 36.7 Å². The van der Waals surface area contributed by atoms with E-state index in [1.165, 1.54) is 0 Å². The summed E-state index contributed by atoms with van der Waals surface area (Å²) >= 11 is 0. The Labute approximate surface area is 100 Å². The van der Waals surface area contributed by atoms with E-state index in [1.54, 1.807) is 12.1 Å². The van der Waals surface area contributed by atoms with Crippen molar-refractivity contribution in [2.45, 2.75) is 32.6 Å². The highest BCUT2D eigenvalue weighted by Gasteiger charge is 2.14. The molecule has 0 fully saturated rings. The van der Waals surface area contributed by atoms with Crippen molar-refractivity contribution in [1.29, 1.82) is 0 Å². The molecule has 4 heteroatoms. The number of carbonyl (C=O) groups excluding carboxylic acids is 1. The molecule has 0 unspecified atom stereocenters. The van der Waals surface area contributed by atoms with Crippen LogP contribution >= 0.6 is 0 Å². The summed E-state index contributed by atoms with van der Waals surface area (Å²) in [6.07, 6.45) is -2.52. The summed E-state index contributed by atoms with van der Waals surface area (Å²) in [5.74, 6) is -0.467.